The molecule has 20 heavy (non-hydrogen) atoms. The first-order valence-corrected chi connectivity index (χ1v) is 7.98. The van der Waals surface area contributed by atoms with Crippen LogP contribution in [0.5, 0.6) is 0 Å². The van der Waals surface area contributed by atoms with Crippen LogP contribution >= 0.6 is 24.0 Å². The minimum atomic E-state index is 0. The van der Waals surface area contributed by atoms with E-state index in [-0.39, 0.29) is 24.0 Å². The average molecular weight is 394 g/mol. The second-order valence-corrected chi connectivity index (χ2v) is 6.06. The minimum Gasteiger partial charge on any atom is -0.356 e. The molecule has 1 aliphatic heterocycles. The molecule has 5 heteroatoms. The third-order valence-corrected chi connectivity index (χ3v) is 4.28. The molecular weight excluding hydrogens is 363 g/mol. The van der Waals surface area contributed by atoms with Crippen LogP contribution in [0.25, 0.3) is 0 Å². The summed E-state index contributed by atoms with van der Waals surface area (Å²) in [5.74, 6) is 2.70. The summed E-state index contributed by atoms with van der Waals surface area (Å²) >= 11 is 0. The first-order chi connectivity index (χ1) is 9.31. The maximum absolute atomic E-state index is 4.30. The van der Waals surface area contributed by atoms with E-state index < -0.39 is 0 Å². The van der Waals surface area contributed by atoms with E-state index in [9.17, 15) is 0 Å². The summed E-state index contributed by atoms with van der Waals surface area (Å²) in [6.45, 7) is 8.25. The van der Waals surface area contributed by atoms with Gasteiger partial charge in [0.05, 0.1) is 0 Å². The van der Waals surface area contributed by atoms with Gasteiger partial charge in [-0.2, -0.15) is 0 Å². The molecule has 0 spiro atoms. The van der Waals surface area contributed by atoms with Crippen LogP contribution < -0.4 is 10.6 Å². The molecule has 0 amide bonds. The van der Waals surface area contributed by atoms with Gasteiger partial charge >= 0.3 is 0 Å². The molecule has 2 aliphatic rings. The Morgan fingerprint density at radius 1 is 1.05 bits per heavy atom. The van der Waals surface area contributed by atoms with Gasteiger partial charge in [-0.3, -0.25) is 4.99 Å². The fourth-order valence-corrected chi connectivity index (χ4v) is 2.76. The van der Waals surface area contributed by atoms with Gasteiger partial charge < -0.3 is 15.5 Å². The third-order valence-electron chi connectivity index (χ3n) is 4.28. The van der Waals surface area contributed by atoms with Gasteiger partial charge in [-0.25, -0.2) is 0 Å². The average Bonchev–Trinajstić information content (AvgIpc) is 3.25. The number of nitrogens with one attached hydrogen (secondary N) is 2. The van der Waals surface area contributed by atoms with Crippen LogP contribution in [0, 0.1) is 11.8 Å². The summed E-state index contributed by atoms with van der Waals surface area (Å²) in [5, 5.41) is 6.92. The first kappa shape index (κ1) is 18.0. The smallest absolute Gasteiger partial charge is 0.190 e. The number of halogens is 1. The van der Waals surface area contributed by atoms with E-state index in [2.05, 4.69) is 27.4 Å². The fraction of sp³-hybridized carbons (Fsp3) is 0.933. The number of rotatable bonds is 6. The Morgan fingerprint density at radius 3 is 2.05 bits per heavy atom. The molecule has 2 rings (SSSR count). The molecule has 4 nitrogen and oxygen atoms in total. The Balaban J connectivity index is 0.00000200. The van der Waals surface area contributed by atoms with Crippen LogP contribution in [0.4, 0.5) is 0 Å². The highest BCUT2D eigenvalue weighted by molar-refractivity contribution is 14.0. The standard InChI is InChI=1S/C15H30N4.HI/c1-3-8-19-9-6-14(7-10-19)12-18-15(16-2)17-11-13-4-5-13;/h13-14H,3-12H2,1-2H3,(H2,16,17,18);1H. The van der Waals surface area contributed by atoms with Gasteiger partial charge in [0.1, 0.15) is 0 Å². The van der Waals surface area contributed by atoms with Gasteiger partial charge in [-0.1, -0.05) is 6.92 Å². The van der Waals surface area contributed by atoms with Gasteiger partial charge in [0.15, 0.2) is 5.96 Å². The fourth-order valence-electron chi connectivity index (χ4n) is 2.76. The highest BCUT2D eigenvalue weighted by Crippen LogP contribution is 2.27. The molecule has 0 atom stereocenters. The van der Waals surface area contributed by atoms with E-state index in [1.807, 2.05) is 7.05 Å². The predicted octanol–water partition coefficient (Wildman–Crippen LogP) is 2.30. The van der Waals surface area contributed by atoms with Gasteiger partial charge in [0.2, 0.25) is 0 Å². The normalized spacial score (nSPS) is 21.4. The molecule has 0 aromatic heterocycles. The van der Waals surface area contributed by atoms with E-state index in [0.717, 1.165) is 30.9 Å². The van der Waals surface area contributed by atoms with Crippen LogP contribution in [-0.4, -0.2) is 50.6 Å². The van der Waals surface area contributed by atoms with E-state index >= 15 is 0 Å². The lowest BCUT2D eigenvalue weighted by Gasteiger charge is -2.32. The highest BCUT2D eigenvalue weighted by atomic mass is 127. The molecule has 2 N–H and O–H groups in total. The molecule has 1 aliphatic carbocycles. The molecule has 0 unspecified atom stereocenters. The van der Waals surface area contributed by atoms with Crippen molar-refractivity contribution in [3.05, 3.63) is 0 Å². The van der Waals surface area contributed by atoms with Crippen molar-refractivity contribution in [2.45, 2.75) is 39.0 Å². The molecule has 0 radical (unpaired) electrons. The van der Waals surface area contributed by atoms with Gasteiger partial charge in [0.25, 0.3) is 0 Å². The molecule has 0 aromatic carbocycles. The number of piperidine rings is 1. The zero-order chi connectivity index (χ0) is 13.5. The summed E-state index contributed by atoms with van der Waals surface area (Å²) in [6.07, 6.45) is 6.71. The summed E-state index contributed by atoms with van der Waals surface area (Å²) < 4.78 is 0. The van der Waals surface area contributed by atoms with Crippen LogP contribution in [0.2, 0.25) is 0 Å². The van der Waals surface area contributed by atoms with Crippen LogP contribution in [-0.2, 0) is 0 Å². The molecule has 1 heterocycles. The van der Waals surface area contributed by atoms with Gasteiger partial charge in [-0.05, 0) is 63.6 Å². The summed E-state index contributed by atoms with van der Waals surface area (Å²) in [4.78, 5) is 6.89. The molecular formula is C15H31IN4. The summed E-state index contributed by atoms with van der Waals surface area (Å²) in [7, 11) is 1.87. The van der Waals surface area contributed by atoms with Crippen LogP contribution in [0.1, 0.15) is 39.0 Å². The number of nitrogens with zero attached hydrogens (tertiary/aromatic N) is 2. The number of likely N-dealkylation sites (tertiary alicyclic amines) is 1. The van der Waals surface area contributed by atoms with Crippen molar-refractivity contribution in [2.75, 3.05) is 39.8 Å². The van der Waals surface area contributed by atoms with Crippen molar-refractivity contribution in [1.29, 1.82) is 0 Å². The lowest BCUT2D eigenvalue weighted by Crippen LogP contribution is -2.43. The van der Waals surface area contributed by atoms with Crippen LogP contribution in [0.15, 0.2) is 4.99 Å². The van der Waals surface area contributed by atoms with Crippen molar-refractivity contribution in [3.8, 4) is 0 Å². The van der Waals surface area contributed by atoms with E-state index in [1.165, 1.54) is 51.7 Å². The number of aliphatic imine (C=N–C) groups is 1. The lowest BCUT2D eigenvalue weighted by molar-refractivity contribution is 0.185. The SMILES string of the molecule is CCCN1CCC(CNC(=NC)NCC2CC2)CC1.I. The van der Waals surface area contributed by atoms with E-state index in [1.54, 1.807) is 0 Å². The molecule has 0 aromatic rings. The van der Waals surface area contributed by atoms with Crippen molar-refractivity contribution in [1.82, 2.24) is 15.5 Å². The zero-order valence-corrected chi connectivity index (χ0v) is 15.4. The summed E-state index contributed by atoms with van der Waals surface area (Å²) in [5.41, 5.74) is 0. The summed E-state index contributed by atoms with van der Waals surface area (Å²) in [6, 6.07) is 0. The molecule has 118 valence electrons. The molecule has 1 saturated carbocycles. The zero-order valence-electron chi connectivity index (χ0n) is 13.0. The van der Waals surface area contributed by atoms with Crippen molar-refractivity contribution in [2.24, 2.45) is 16.8 Å². The molecule has 1 saturated heterocycles. The Hall–Kier alpha value is -0.0400. The molecule has 0 bridgehead atoms. The Kier molecular flexibility index (Phi) is 8.84. The number of hydrogen-bond donors (Lipinski definition) is 2. The number of hydrogen-bond acceptors (Lipinski definition) is 2. The second-order valence-electron chi connectivity index (χ2n) is 6.06. The highest BCUT2D eigenvalue weighted by Gasteiger charge is 2.22. The van der Waals surface area contributed by atoms with Crippen LogP contribution in [0.3, 0.4) is 0 Å². The predicted molar refractivity (Wildman–Crippen MR) is 97.0 cm³/mol. The quantitative estimate of drug-likeness (QED) is 0.413. The Labute approximate surface area is 141 Å². The largest absolute Gasteiger partial charge is 0.356 e. The van der Waals surface area contributed by atoms with E-state index in [0.29, 0.717) is 0 Å². The van der Waals surface area contributed by atoms with Crippen molar-refractivity contribution >= 4 is 29.9 Å². The van der Waals surface area contributed by atoms with E-state index in [4.69, 9.17) is 0 Å². The maximum Gasteiger partial charge on any atom is 0.190 e. The second kappa shape index (κ2) is 9.82. The minimum absolute atomic E-state index is 0. The first-order valence-electron chi connectivity index (χ1n) is 7.98. The molecule has 2 fully saturated rings. The topological polar surface area (TPSA) is 39.7 Å². The number of guanidine groups is 1. The van der Waals surface area contributed by atoms with Crippen molar-refractivity contribution < 1.29 is 0 Å². The van der Waals surface area contributed by atoms with Crippen molar-refractivity contribution in [3.63, 3.8) is 0 Å². The maximum atomic E-state index is 4.30. The Bertz CT molecular complexity index is 284. The monoisotopic (exact) mass is 394 g/mol. The van der Waals surface area contributed by atoms with Gasteiger partial charge in [0, 0.05) is 20.1 Å². The lowest BCUT2D eigenvalue weighted by atomic mass is 9.97. The van der Waals surface area contributed by atoms with Gasteiger partial charge in [-0.15, -0.1) is 24.0 Å². The Morgan fingerprint density at radius 2 is 1.60 bits per heavy atom. The third kappa shape index (κ3) is 6.61.